The van der Waals surface area contributed by atoms with Gasteiger partial charge in [0.25, 0.3) is 10.0 Å². The van der Waals surface area contributed by atoms with Gasteiger partial charge in [0, 0.05) is 11.8 Å². The molecule has 1 aromatic heterocycles. The van der Waals surface area contributed by atoms with Gasteiger partial charge in [-0.2, -0.15) is 9.97 Å². The quantitative estimate of drug-likeness (QED) is 0.347. The van der Waals surface area contributed by atoms with E-state index in [4.69, 9.17) is 14.2 Å². The first kappa shape index (κ1) is 28.1. The minimum absolute atomic E-state index is 0.0621. The van der Waals surface area contributed by atoms with Crippen molar-refractivity contribution in [2.24, 2.45) is 0 Å². The lowest BCUT2D eigenvalue weighted by atomic mass is 10.2. The first-order valence-electron chi connectivity index (χ1n) is 10.4. The van der Waals surface area contributed by atoms with Gasteiger partial charge in [-0.15, -0.1) is 0 Å². The summed E-state index contributed by atoms with van der Waals surface area (Å²) in [4.78, 5) is 43.1. The molecule has 0 saturated heterocycles. The van der Waals surface area contributed by atoms with Crippen molar-refractivity contribution >= 4 is 39.4 Å². The first-order chi connectivity index (χ1) is 16.8. The van der Waals surface area contributed by atoms with Crippen LogP contribution in [-0.4, -0.2) is 69.2 Å². The lowest BCUT2D eigenvalue weighted by Crippen LogP contribution is -2.41. The van der Waals surface area contributed by atoms with E-state index < -0.39 is 33.5 Å². The number of anilines is 2. The fourth-order valence-corrected chi connectivity index (χ4v) is 3.47. The smallest absolute Gasteiger partial charge is 0.408 e. The first-order valence-corrected chi connectivity index (χ1v) is 11.9. The fraction of sp³-hybridized carbons (Fsp3) is 0.381. The van der Waals surface area contributed by atoms with E-state index in [-0.39, 0.29) is 35.7 Å². The molecule has 2 rings (SSSR count). The SMILES string of the molecule is COc1cc(NS(=O)(=O)c2ccc(NC(=O)CNC(=O)CNC(=O)OC(C)(C)C)cc2)nc(OC)n1. The summed E-state index contributed by atoms with van der Waals surface area (Å²) in [5.41, 5.74) is -0.409. The van der Waals surface area contributed by atoms with Crippen molar-refractivity contribution in [3.63, 3.8) is 0 Å². The Morgan fingerprint density at radius 3 is 2.14 bits per heavy atom. The Labute approximate surface area is 208 Å². The van der Waals surface area contributed by atoms with Crippen LogP contribution in [0.2, 0.25) is 0 Å². The number of hydrogen-bond donors (Lipinski definition) is 4. The molecule has 0 unspecified atom stereocenters. The predicted octanol–water partition coefficient (Wildman–Crippen LogP) is 0.874. The van der Waals surface area contributed by atoms with Gasteiger partial charge in [-0.1, -0.05) is 0 Å². The van der Waals surface area contributed by atoms with Crippen molar-refractivity contribution in [2.75, 3.05) is 37.3 Å². The Morgan fingerprint density at radius 2 is 1.56 bits per heavy atom. The highest BCUT2D eigenvalue weighted by molar-refractivity contribution is 7.92. The Balaban J connectivity index is 1.89. The average molecular weight is 525 g/mol. The van der Waals surface area contributed by atoms with Crippen molar-refractivity contribution in [1.29, 1.82) is 0 Å². The topological polar surface area (TPSA) is 187 Å². The van der Waals surface area contributed by atoms with Gasteiger partial charge in [-0.3, -0.25) is 14.3 Å². The van der Waals surface area contributed by atoms with E-state index in [0.717, 1.165) is 0 Å². The Bertz CT molecular complexity index is 1170. The molecule has 0 bridgehead atoms. The van der Waals surface area contributed by atoms with Crippen molar-refractivity contribution in [3.05, 3.63) is 30.3 Å². The second-order valence-electron chi connectivity index (χ2n) is 8.09. The highest BCUT2D eigenvalue weighted by atomic mass is 32.2. The summed E-state index contributed by atoms with van der Waals surface area (Å²) in [6.07, 6.45) is -0.760. The second kappa shape index (κ2) is 12.0. The molecule has 1 heterocycles. The van der Waals surface area contributed by atoms with Crippen LogP contribution in [0, 0.1) is 0 Å². The van der Waals surface area contributed by atoms with Crippen LogP contribution < -0.4 is 30.1 Å². The van der Waals surface area contributed by atoms with Crippen molar-refractivity contribution in [3.8, 4) is 11.9 Å². The minimum atomic E-state index is -4.02. The fourth-order valence-electron chi connectivity index (χ4n) is 2.48. The lowest BCUT2D eigenvalue weighted by molar-refractivity contribution is -0.123. The molecule has 3 amide bonds. The van der Waals surface area contributed by atoms with Gasteiger partial charge in [0.15, 0.2) is 5.82 Å². The normalized spacial score (nSPS) is 11.1. The molecule has 0 aliphatic rings. The van der Waals surface area contributed by atoms with Gasteiger partial charge < -0.3 is 30.2 Å². The molecule has 0 aliphatic heterocycles. The average Bonchev–Trinajstić information content (AvgIpc) is 2.80. The van der Waals surface area contributed by atoms with Gasteiger partial charge in [0.2, 0.25) is 17.7 Å². The number of ether oxygens (including phenoxy) is 3. The minimum Gasteiger partial charge on any atom is -0.481 e. The van der Waals surface area contributed by atoms with Crippen LogP contribution in [-0.2, 0) is 24.3 Å². The van der Waals surface area contributed by atoms with Crippen LogP contribution in [0.5, 0.6) is 11.9 Å². The number of alkyl carbamates (subject to hydrolysis) is 1. The third-order valence-electron chi connectivity index (χ3n) is 4.00. The van der Waals surface area contributed by atoms with E-state index in [1.54, 1.807) is 20.8 Å². The van der Waals surface area contributed by atoms with E-state index in [9.17, 15) is 22.8 Å². The largest absolute Gasteiger partial charge is 0.481 e. The number of carbonyl (C=O) groups excluding carboxylic acids is 3. The molecule has 4 N–H and O–H groups in total. The Kier molecular flexibility index (Phi) is 9.38. The summed E-state index contributed by atoms with van der Waals surface area (Å²) in [6.45, 7) is 4.31. The van der Waals surface area contributed by atoms with Crippen molar-refractivity contribution in [1.82, 2.24) is 20.6 Å². The maximum atomic E-state index is 12.7. The molecule has 0 fully saturated rings. The summed E-state index contributed by atoms with van der Waals surface area (Å²) in [5.74, 6) is -1.12. The zero-order valence-corrected chi connectivity index (χ0v) is 21.2. The van der Waals surface area contributed by atoms with E-state index in [2.05, 4.69) is 30.6 Å². The van der Waals surface area contributed by atoms with Crippen LogP contribution in [0.25, 0.3) is 0 Å². The predicted molar refractivity (Wildman–Crippen MR) is 128 cm³/mol. The van der Waals surface area contributed by atoms with E-state index in [0.29, 0.717) is 5.69 Å². The molecule has 14 nitrogen and oxygen atoms in total. The number of rotatable bonds is 10. The standard InChI is InChI=1S/C21H28N6O8S/c1-21(2,3)35-20(30)23-11-16(28)22-12-17(29)24-13-6-8-14(9-7-13)36(31,32)27-15-10-18(33-4)26-19(25-15)34-5/h6-10H,11-12H2,1-5H3,(H,22,28)(H,23,30)(H,24,29)(H,25,26,27). The zero-order chi connectivity index (χ0) is 26.9. The number of carbonyl (C=O) groups is 3. The maximum Gasteiger partial charge on any atom is 0.408 e. The Hall–Kier alpha value is -4.14. The summed E-state index contributed by atoms with van der Waals surface area (Å²) in [6, 6.07) is 6.50. The van der Waals surface area contributed by atoms with E-state index in [1.165, 1.54) is 44.6 Å². The van der Waals surface area contributed by atoms with Gasteiger partial charge in [0.05, 0.1) is 25.7 Å². The van der Waals surface area contributed by atoms with Crippen molar-refractivity contribution in [2.45, 2.75) is 31.3 Å². The summed E-state index contributed by atoms with van der Waals surface area (Å²) in [7, 11) is -1.33. The number of aromatic nitrogens is 2. The molecule has 0 atom stereocenters. The third-order valence-corrected chi connectivity index (χ3v) is 5.37. The van der Waals surface area contributed by atoms with Crippen LogP contribution in [0.1, 0.15) is 20.8 Å². The van der Waals surface area contributed by atoms with E-state index >= 15 is 0 Å². The van der Waals surface area contributed by atoms with Crippen LogP contribution in [0.4, 0.5) is 16.3 Å². The molecule has 0 radical (unpaired) electrons. The monoisotopic (exact) mass is 524 g/mol. The molecule has 0 saturated carbocycles. The van der Waals surface area contributed by atoms with Crippen LogP contribution in [0.3, 0.4) is 0 Å². The van der Waals surface area contributed by atoms with Gasteiger partial charge >= 0.3 is 12.1 Å². The summed E-state index contributed by atoms with van der Waals surface area (Å²) < 4.78 is 42.6. The molecule has 15 heteroatoms. The highest BCUT2D eigenvalue weighted by Gasteiger charge is 2.18. The van der Waals surface area contributed by atoms with Crippen LogP contribution >= 0.6 is 0 Å². The lowest BCUT2D eigenvalue weighted by Gasteiger charge is -2.19. The molecular weight excluding hydrogens is 496 g/mol. The molecule has 0 aliphatic carbocycles. The summed E-state index contributed by atoms with van der Waals surface area (Å²) >= 11 is 0. The van der Waals surface area contributed by atoms with E-state index in [1.807, 2.05) is 0 Å². The highest BCUT2D eigenvalue weighted by Crippen LogP contribution is 2.21. The van der Waals surface area contributed by atoms with Crippen LogP contribution in [0.15, 0.2) is 35.2 Å². The number of benzene rings is 1. The molecule has 0 spiro atoms. The van der Waals surface area contributed by atoms with Crippen molar-refractivity contribution < 1.29 is 37.0 Å². The Morgan fingerprint density at radius 1 is 0.917 bits per heavy atom. The third kappa shape index (κ3) is 9.25. The molecule has 196 valence electrons. The molecule has 1 aromatic carbocycles. The number of methoxy groups -OCH3 is 2. The van der Waals surface area contributed by atoms with Gasteiger partial charge in [-0.05, 0) is 45.0 Å². The maximum absolute atomic E-state index is 12.7. The van der Waals surface area contributed by atoms with Gasteiger partial charge in [-0.25, -0.2) is 13.2 Å². The number of nitrogens with one attached hydrogen (secondary N) is 4. The van der Waals surface area contributed by atoms with Gasteiger partial charge in [0.1, 0.15) is 12.1 Å². The number of hydrogen-bond acceptors (Lipinski definition) is 10. The molecular formula is C21H28N6O8S. The summed E-state index contributed by atoms with van der Waals surface area (Å²) in [5, 5.41) is 7.13. The molecule has 36 heavy (non-hydrogen) atoms. The zero-order valence-electron chi connectivity index (χ0n) is 20.4. The number of amides is 3. The number of nitrogens with zero attached hydrogens (tertiary/aromatic N) is 2. The molecule has 2 aromatic rings. The second-order valence-corrected chi connectivity index (χ2v) is 9.77. The number of sulfonamides is 1.